The lowest BCUT2D eigenvalue weighted by Gasteiger charge is -2.25. The molecular weight excluding hydrogens is 302 g/mol. The molecule has 0 spiro atoms. The maximum Gasteiger partial charge on any atom is 0.0547 e. The molecule has 1 aliphatic carbocycles. The number of anilines is 1. The Labute approximate surface area is 122 Å². The summed E-state index contributed by atoms with van der Waals surface area (Å²) in [6, 6.07) is 6.83. The highest BCUT2D eigenvalue weighted by Crippen LogP contribution is 2.33. The topological polar surface area (TPSA) is 29.9 Å². The van der Waals surface area contributed by atoms with Gasteiger partial charge >= 0.3 is 0 Å². The molecule has 3 rings (SSSR count). The molecular formula is C15H18BrN3. The number of halogens is 1. The molecule has 100 valence electrons. The Morgan fingerprint density at radius 2 is 2.21 bits per heavy atom. The van der Waals surface area contributed by atoms with Crippen molar-refractivity contribution >= 4 is 21.6 Å². The predicted octanol–water partition coefficient (Wildman–Crippen LogP) is 3.98. The lowest BCUT2D eigenvalue weighted by Crippen LogP contribution is -2.17. The average Bonchev–Trinajstić information content (AvgIpc) is 2.71. The molecule has 2 aromatic rings. The van der Waals surface area contributed by atoms with Crippen LogP contribution in [0.25, 0.3) is 0 Å². The minimum absolute atomic E-state index is 0.381. The molecule has 19 heavy (non-hydrogen) atoms. The van der Waals surface area contributed by atoms with E-state index in [4.69, 9.17) is 0 Å². The van der Waals surface area contributed by atoms with E-state index in [1.165, 1.54) is 35.3 Å². The van der Waals surface area contributed by atoms with Gasteiger partial charge in [-0.05, 0) is 49.9 Å². The summed E-state index contributed by atoms with van der Waals surface area (Å²) in [6.07, 6.45) is 5.54. The summed E-state index contributed by atoms with van der Waals surface area (Å²) in [5.74, 6) is 0. The van der Waals surface area contributed by atoms with Gasteiger partial charge in [0.2, 0.25) is 0 Å². The number of benzene rings is 1. The highest BCUT2D eigenvalue weighted by molar-refractivity contribution is 9.10. The molecule has 0 radical (unpaired) electrons. The van der Waals surface area contributed by atoms with Crippen molar-refractivity contribution in [3.8, 4) is 0 Å². The normalized spacial score (nSPS) is 18.2. The summed E-state index contributed by atoms with van der Waals surface area (Å²) in [7, 11) is 2.03. The van der Waals surface area contributed by atoms with Crippen LogP contribution in [0.2, 0.25) is 0 Å². The first-order chi connectivity index (χ1) is 9.13. The molecule has 3 nitrogen and oxygen atoms in total. The van der Waals surface area contributed by atoms with E-state index in [0.717, 1.165) is 10.9 Å². The molecule has 1 N–H and O–H groups in total. The summed E-state index contributed by atoms with van der Waals surface area (Å²) < 4.78 is 3.13. The van der Waals surface area contributed by atoms with Crippen LogP contribution in [0.3, 0.4) is 0 Å². The maximum atomic E-state index is 4.39. The molecule has 0 bridgehead atoms. The molecule has 1 heterocycles. The standard InChI is InChI=1S/C15H18BrN3/c1-10-6-11(16)8-12(7-10)18-14-4-3-5-15-13(14)9-17-19(15)2/h6-9,14,18H,3-5H2,1-2H3. The van der Waals surface area contributed by atoms with Crippen LogP contribution in [0.4, 0.5) is 5.69 Å². The van der Waals surface area contributed by atoms with Crippen LogP contribution in [0.15, 0.2) is 28.9 Å². The Bertz CT molecular complexity index is 583. The van der Waals surface area contributed by atoms with E-state index in [0.29, 0.717) is 6.04 Å². The first-order valence-electron chi connectivity index (χ1n) is 6.68. The number of hydrogen-bond donors (Lipinski definition) is 1. The summed E-state index contributed by atoms with van der Waals surface area (Å²) in [5, 5.41) is 8.04. The van der Waals surface area contributed by atoms with E-state index in [1.54, 1.807) is 0 Å². The van der Waals surface area contributed by atoms with Gasteiger partial charge in [-0.25, -0.2) is 0 Å². The Morgan fingerprint density at radius 3 is 3.00 bits per heavy atom. The van der Waals surface area contributed by atoms with E-state index in [9.17, 15) is 0 Å². The SMILES string of the molecule is Cc1cc(Br)cc(NC2CCCc3c2cnn3C)c1. The number of nitrogens with one attached hydrogen (secondary N) is 1. The molecule has 0 amide bonds. The Kier molecular flexibility index (Phi) is 3.35. The fourth-order valence-corrected chi connectivity index (χ4v) is 3.48. The maximum absolute atomic E-state index is 4.39. The smallest absolute Gasteiger partial charge is 0.0547 e. The predicted molar refractivity (Wildman–Crippen MR) is 81.4 cm³/mol. The van der Waals surface area contributed by atoms with E-state index in [-0.39, 0.29) is 0 Å². The number of hydrogen-bond acceptors (Lipinski definition) is 2. The zero-order valence-electron chi connectivity index (χ0n) is 11.3. The molecule has 1 aromatic carbocycles. The second kappa shape index (κ2) is 5.00. The van der Waals surface area contributed by atoms with Gasteiger partial charge in [0.1, 0.15) is 0 Å². The third-order valence-electron chi connectivity index (χ3n) is 3.76. The quantitative estimate of drug-likeness (QED) is 0.907. The second-order valence-electron chi connectivity index (χ2n) is 5.28. The van der Waals surface area contributed by atoms with Crippen molar-refractivity contribution in [2.45, 2.75) is 32.2 Å². The van der Waals surface area contributed by atoms with Gasteiger partial charge in [0.25, 0.3) is 0 Å². The van der Waals surface area contributed by atoms with Gasteiger partial charge in [-0.3, -0.25) is 4.68 Å². The number of rotatable bonds is 2. The van der Waals surface area contributed by atoms with Crippen molar-refractivity contribution in [1.29, 1.82) is 0 Å². The highest BCUT2D eigenvalue weighted by atomic mass is 79.9. The van der Waals surface area contributed by atoms with Crippen molar-refractivity contribution in [2.24, 2.45) is 7.05 Å². The van der Waals surface area contributed by atoms with Crippen molar-refractivity contribution in [3.63, 3.8) is 0 Å². The fraction of sp³-hybridized carbons (Fsp3) is 0.400. The second-order valence-corrected chi connectivity index (χ2v) is 6.19. The summed E-state index contributed by atoms with van der Waals surface area (Å²) in [6.45, 7) is 2.12. The van der Waals surface area contributed by atoms with Gasteiger partial charge in [-0.2, -0.15) is 5.10 Å². The van der Waals surface area contributed by atoms with Crippen LogP contribution in [0, 0.1) is 6.92 Å². The third-order valence-corrected chi connectivity index (χ3v) is 4.22. The largest absolute Gasteiger partial charge is 0.378 e. The fourth-order valence-electron chi connectivity index (χ4n) is 2.88. The van der Waals surface area contributed by atoms with Gasteiger partial charge in [0.15, 0.2) is 0 Å². The van der Waals surface area contributed by atoms with Gasteiger partial charge in [0.05, 0.1) is 12.2 Å². The summed E-state index contributed by atoms with van der Waals surface area (Å²) >= 11 is 3.56. The van der Waals surface area contributed by atoms with Gasteiger partial charge in [-0.1, -0.05) is 15.9 Å². The van der Waals surface area contributed by atoms with E-state index >= 15 is 0 Å². The van der Waals surface area contributed by atoms with Crippen LogP contribution in [-0.2, 0) is 13.5 Å². The Balaban J connectivity index is 1.88. The lowest BCUT2D eigenvalue weighted by molar-refractivity contribution is 0.571. The number of aryl methyl sites for hydroxylation is 2. The zero-order valence-corrected chi connectivity index (χ0v) is 12.9. The average molecular weight is 320 g/mol. The highest BCUT2D eigenvalue weighted by Gasteiger charge is 2.23. The molecule has 0 fully saturated rings. The Hall–Kier alpha value is -1.29. The number of aromatic nitrogens is 2. The van der Waals surface area contributed by atoms with Crippen LogP contribution >= 0.6 is 15.9 Å². The number of nitrogens with zero attached hydrogens (tertiary/aromatic N) is 2. The van der Waals surface area contributed by atoms with Crippen LogP contribution in [0.1, 0.15) is 35.7 Å². The van der Waals surface area contributed by atoms with Crippen LogP contribution in [0.5, 0.6) is 0 Å². The molecule has 1 unspecified atom stereocenters. The number of fused-ring (bicyclic) bond motifs is 1. The van der Waals surface area contributed by atoms with Crippen LogP contribution in [-0.4, -0.2) is 9.78 Å². The first-order valence-corrected chi connectivity index (χ1v) is 7.47. The molecule has 0 saturated carbocycles. The summed E-state index contributed by atoms with van der Waals surface area (Å²) in [5.41, 5.74) is 5.16. The van der Waals surface area contributed by atoms with Gasteiger partial charge in [-0.15, -0.1) is 0 Å². The lowest BCUT2D eigenvalue weighted by atomic mass is 9.93. The minimum atomic E-state index is 0.381. The molecule has 0 aliphatic heterocycles. The van der Waals surface area contributed by atoms with Crippen molar-refractivity contribution < 1.29 is 0 Å². The van der Waals surface area contributed by atoms with E-state index in [1.807, 2.05) is 17.9 Å². The molecule has 1 atom stereocenters. The monoisotopic (exact) mass is 319 g/mol. The first kappa shape index (κ1) is 12.7. The summed E-state index contributed by atoms with van der Waals surface area (Å²) in [4.78, 5) is 0. The molecule has 4 heteroatoms. The zero-order chi connectivity index (χ0) is 13.4. The molecule has 1 aromatic heterocycles. The molecule has 1 aliphatic rings. The Morgan fingerprint density at radius 1 is 1.37 bits per heavy atom. The van der Waals surface area contributed by atoms with Crippen molar-refractivity contribution in [1.82, 2.24) is 9.78 Å². The minimum Gasteiger partial charge on any atom is -0.378 e. The third kappa shape index (κ3) is 2.54. The molecule has 0 saturated heterocycles. The van der Waals surface area contributed by atoms with Crippen molar-refractivity contribution in [2.75, 3.05) is 5.32 Å². The van der Waals surface area contributed by atoms with E-state index in [2.05, 4.69) is 51.5 Å². The van der Waals surface area contributed by atoms with Gasteiger partial charge < -0.3 is 5.32 Å². The van der Waals surface area contributed by atoms with Crippen molar-refractivity contribution in [3.05, 3.63) is 45.7 Å². The van der Waals surface area contributed by atoms with E-state index < -0.39 is 0 Å². The van der Waals surface area contributed by atoms with Gasteiger partial charge in [0, 0.05) is 28.5 Å². The van der Waals surface area contributed by atoms with Crippen LogP contribution < -0.4 is 5.32 Å².